The molecule has 0 aliphatic rings. The Morgan fingerprint density at radius 3 is 2.53 bits per heavy atom. The standard InChI is InChI=1S/C14H24N2OS2/c1-5-8-16(4)9-6-7-15-11-10(14(2,3)19)12(17)13(11)18/h15,19H,5-9H2,1-4H3. The lowest BCUT2D eigenvalue weighted by Gasteiger charge is -2.24. The fourth-order valence-electron chi connectivity index (χ4n) is 2.20. The summed E-state index contributed by atoms with van der Waals surface area (Å²) in [6.45, 7) is 9.02. The Labute approximate surface area is 126 Å². The Kier molecular flexibility index (Phi) is 6.02. The Morgan fingerprint density at radius 2 is 2.00 bits per heavy atom. The minimum absolute atomic E-state index is 0.0272. The van der Waals surface area contributed by atoms with Crippen LogP contribution in [0.3, 0.4) is 0 Å². The van der Waals surface area contributed by atoms with Gasteiger partial charge in [0.2, 0.25) is 5.43 Å². The molecule has 0 spiro atoms. The van der Waals surface area contributed by atoms with Crippen molar-refractivity contribution in [2.45, 2.75) is 38.4 Å². The first-order valence-corrected chi connectivity index (χ1v) is 7.63. The van der Waals surface area contributed by atoms with E-state index in [1.165, 1.54) is 6.42 Å². The normalized spacial score (nSPS) is 12.3. The molecule has 0 atom stereocenters. The summed E-state index contributed by atoms with van der Waals surface area (Å²) in [6.07, 6.45) is 2.21. The van der Waals surface area contributed by atoms with Gasteiger partial charge in [0.05, 0.1) is 5.69 Å². The maximum Gasteiger partial charge on any atom is 0.205 e. The number of nitrogens with one attached hydrogen (secondary N) is 1. The van der Waals surface area contributed by atoms with Crippen LogP contribution in [0.15, 0.2) is 4.79 Å². The predicted octanol–water partition coefficient (Wildman–Crippen LogP) is 2.96. The topological polar surface area (TPSA) is 32.3 Å². The number of nitrogens with zero attached hydrogens (tertiary/aromatic N) is 1. The molecule has 0 bridgehead atoms. The highest BCUT2D eigenvalue weighted by atomic mass is 32.1. The van der Waals surface area contributed by atoms with E-state index in [4.69, 9.17) is 12.2 Å². The second-order valence-corrected chi connectivity index (χ2v) is 7.08. The molecule has 1 rings (SSSR count). The molecule has 3 nitrogen and oxygen atoms in total. The molecule has 108 valence electrons. The van der Waals surface area contributed by atoms with Gasteiger partial charge in [0.15, 0.2) is 0 Å². The lowest BCUT2D eigenvalue weighted by Crippen LogP contribution is -2.30. The predicted molar refractivity (Wildman–Crippen MR) is 88.8 cm³/mol. The minimum atomic E-state index is -0.430. The second-order valence-electron chi connectivity index (χ2n) is 5.55. The molecule has 1 aromatic carbocycles. The molecule has 0 fully saturated rings. The average molecular weight is 300 g/mol. The first kappa shape index (κ1) is 16.7. The molecule has 5 heteroatoms. The van der Waals surface area contributed by atoms with Crippen molar-refractivity contribution in [2.24, 2.45) is 0 Å². The summed E-state index contributed by atoms with van der Waals surface area (Å²) in [5.74, 6) is 0. The summed E-state index contributed by atoms with van der Waals surface area (Å²) >= 11 is 9.56. The maximum atomic E-state index is 11.7. The minimum Gasteiger partial charge on any atom is -0.383 e. The zero-order valence-electron chi connectivity index (χ0n) is 12.2. The van der Waals surface area contributed by atoms with Gasteiger partial charge in [-0.2, -0.15) is 12.6 Å². The van der Waals surface area contributed by atoms with Gasteiger partial charge in [-0.1, -0.05) is 19.1 Å². The molecular weight excluding hydrogens is 276 g/mol. The molecule has 19 heavy (non-hydrogen) atoms. The second kappa shape index (κ2) is 6.86. The summed E-state index contributed by atoms with van der Waals surface area (Å²) < 4.78 is -0.000168. The van der Waals surface area contributed by atoms with Crippen molar-refractivity contribution < 1.29 is 0 Å². The summed E-state index contributed by atoms with van der Waals surface area (Å²) in [6, 6.07) is 0. The van der Waals surface area contributed by atoms with Gasteiger partial charge in [0.25, 0.3) is 0 Å². The van der Waals surface area contributed by atoms with E-state index in [9.17, 15) is 4.79 Å². The van der Waals surface area contributed by atoms with E-state index in [1.54, 1.807) is 0 Å². The fraction of sp³-hybridized carbons (Fsp3) is 0.714. The van der Waals surface area contributed by atoms with Gasteiger partial charge >= 0.3 is 0 Å². The van der Waals surface area contributed by atoms with Crippen LogP contribution in [0.5, 0.6) is 0 Å². The van der Waals surface area contributed by atoms with Crippen LogP contribution in [-0.4, -0.2) is 31.6 Å². The summed E-state index contributed by atoms with van der Waals surface area (Å²) in [4.78, 5) is 14.1. The molecule has 0 aliphatic carbocycles. The van der Waals surface area contributed by atoms with Gasteiger partial charge in [-0.3, -0.25) is 4.79 Å². The molecule has 0 saturated heterocycles. The van der Waals surface area contributed by atoms with Crippen molar-refractivity contribution in [2.75, 3.05) is 32.0 Å². The first-order chi connectivity index (χ1) is 8.79. The zero-order valence-corrected chi connectivity index (χ0v) is 14.0. The lowest BCUT2D eigenvalue weighted by molar-refractivity contribution is 0.333. The van der Waals surface area contributed by atoms with Gasteiger partial charge in [0.1, 0.15) is 4.51 Å². The number of hydrogen-bond acceptors (Lipinski definition) is 5. The highest BCUT2D eigenvalue weighted by Crippen LogP contribution is 2.33. The molecule has 1 aromatic rings. The van der Waals surface area contributed by atoms with E-state index >= 15 is 0 Å². The third-order valence-electron chi connectivity index (χ3n) is 3.15. The molecule has 1 N–H and O–H groups in total. The molecule has 0 aromatic heterocycles. The zero-order chi connectivity index (χ0) is 14.6. The van der Waals surface area contributed by atoms with Crippen molar-refractivity contribution >= 4 is 30.5 Å². The van der Waals surface area contributed by atoms with Gasteiger partial charge in [-0.05, 0) is 46.8 Å². The van der Waals surface area contributed by atoms with Gasteiger partial charge in [-0.25, -0.2) is 0 Å². The monoisotopic (exact) mass is 300 g/mol. The lowest BCUT2D eigenvalue weighted by atomic mass is 9.95. The molecule has 0 aliphatic heterocycles. The largest absolute Gasteiger partial charge is 0.383 e. The number of rotatable bonds is 8. The maximum absolute atomic E-state index is 11.7. The summed E-state index contributed by atoms with van der Waals surface area (Å²) in [5.41, 5.74) is 1.53. The smallest absolute Gasteiger partial charge is 0.205 e. The third kappa shape index (κ3) is 4.29. The Bertz CT molecular complexity index is 484. The average Bonchev–Trinajstić information content (AvgIpc) is 2.30. The molecule has 0 amide bonds. The summed E-state index contributed by atoms with van der Waals surface area (Å²) in [7, 11) is 2.13. The highest BCUT2D eigenvalue weighted by molar-refractivity contribution is 7.81. The van der Waals surface area contributed by atoms with Crippen LogP contribution in [0.1, 0.15) is 39.2 Å². The van der Waals surface area contributed by atoms with E-state index in [2.05, 4.69) is 36.8 Å². The number of anilines is 1. The first-order valence-electron chi connectivity index (χ1n) is 6.77. The van der Waals surface area contributed by atoms with Crippen LogP contribution in [0.25, 0.3) is 0 Å². The highest BCUT2D eigenvalue weighted by Gasteiger charge is 2.28. The Morgan fingerprint density at radius 1 is 1.37 bits per heavy atom. The van der Waals surface area contributed by atoms with Crippen molar-refractivity contribution in [1.82, 2.24) is 4.90 Å². The van der Waals surface area contributed by atoms with Crippen LogP contribution in [0, 0.1) is 4.51 Å². The quantitative estimate of drug-likeness (QED) is 0.439. The molecule has 0 saturated carbocycles. The van der Waals surface area contributed by atoms with Crippen molar-refractivity contribution in [3.63, 3.8) is 0 Å². The van der Waals surface area contributed by atoms with E-state index in [1.807, 2.05) is 13.8 Å². The molecule has 0 heterocycles. The van der Waals surface area contributed by atoms with Crippen LogP contribution >= 0.6 is 24.8 Å². The SMILES string of the molecule is CCCN(C)CCCNc1c(C(C)(C)S)c(=O)c1=S. The van der Waals surface area contributed by atoms with Crippen LogP contribution in [-0.2, 0) is 4.75 Å². The van der Waals surface area contributed by atoms with Crippen LogP contribution in [0.2, 0.25) is 0 Å². The van der Waals surface area contributed by atoms with Crippen molar-refractivity contribution in [1.29, 1.82) is 0 Å². The van der Waals surface area contributed by atoms with Crippen molar-refractivity contribution in [3.8, 4) is 0 Å². The fourth-order valence-corrected chi connectivity index (χ4v) is 2.69. The Hall–Kier alpha value is -0.390. The third-order valence-corrected chi connectivity index (χ3v) is 3.76. The van der Waals surface area contributed by atoms with Crippen LogP contribution in [0.4, 0.5) is 5.69 Å². The number of hydrogen-bond donors (Lipinski definition) is 2. The Balaban J connectivity index is 2.50. The summed E-state index contributed by atoms with van der Waals surface area (Å²) in [5, 5.41) is 3.30. The van der Waals surface area contributed by atoms with Crippen LogP contribution < -0.4 is 10.7 Å². The van der Waals surface area contributed by atoms with Crippen molar-refractivity contribution in [3.05, 3.63) is 20.3 Å². The number of thiol groups is 1. The van der Waals surface area contributed by atoms with E-state index in [0.717, 1.165) is 37.3 Å². The molecule has 0 radical (unpaired) electrons. The van der Waals surface area contributed by atoms with E-state index in [0.29, 0.717) is 4.51 Å². The molecule has 0 unspecified atom stereocenters. The van der Waals surface area contributed by atoms with E-state index < -0.39 is 4.75 Å². The van der Waals surface area contributed by atoms with Gasteiger partial charge < -0.3 is 10.2 Å². The van der Waals surface area contributed by atoms with Gasteiger partial charge in [-0.15, -0.1) is 0 Å². The van der Waals surface area contributed by atoms with E-state index in [-0.39, 0.29) is 5.43 Å². The molecular formula is C14H24N2OS2. The van der Waals surface area contributed by atoms with Gasteiger partial charge in [0, 0.05) is 16.9 Å².